The monoisotopic (exact) mass is 519 g/mol. The quantitative estimate of drug-likeness (QED) is 0.294. The van der Waals surface area contributed by atoms with Crippen LogP contribution in [0.1, 0.15) is 18.4 Å². The van der Waals surface area contributed by atoms with Gasteiger partial charge in [0.2, 0.25) is 5.91 Å². The highest BCUT2D eigenvalue weighted by atomic mass is 35.5. The molecule has 2 aromatic heterocycles. The van der Waals surface area contributed by atoms with Crippen LogP contribution >= 0.6 is 34.5 Å². The molecule has 0 saturated heterocycles. The Hall–Kier alpha value is -2.52. The van der Waals surface area contributed by atoms with E-state index in [0.717, 1.165) is 15.8 Å². The number of benzene rings is 2. The van der Waals surface area contributed by atoms with Crippen LogP contribution in [-0.4, -0.2) is 30.0 Å². The number of hydrogen-bond acceptors (Lipinski definition) is 6. The fourth-order valence-corrected chi connectivity index (χ4v) is 5.94. The molecule has 2 heterocycles. The number of pyridine rings is 1. The van der Waals surface area contributed by atoms with Gasteiger partial charge in [-0.15, -0.1) is 0 Å². The van der Waals surface area contributed by atoms with E-state index < -0.39 is 9.84 Å². The molecule has 10 heteroatoms. The van der Waals surface area contributed by atoms with Crippen molar-refractivity contribution in [3.8, 4) is 0 Å². The Morgan fingerprint density at radius 2 is 1.79 bits per heavy atom. The third-order valence-electron chi connectivity index (χ3n) is 4.91. The van der Waals surface area contributed by atoms with Crippen molar-refractivity contribution in [3.63, 3.8) is 0 Å². The number of hydrogen-bond donors (Lipinski definition) is 0. The fraction of sp³-hybridized carbons (Fsp3) is 0.174. The molecule has 0 saturated carbocycles. The summed E-state index contributed by atoms with van der Waals surface area (Å²) in [5.41, 5.74) is 1.59. The van der Waals surface area contributed by atoms with E-state index in [-0.39, 0.29) is 35.9 Å². The molecule has 0 aliphatic rings. The Labute approximate surface area is 205 Å². The molecule has 0 N–H and O–H groups in total. The molecule has 170 valence electrons. The van der Waals surface area contributed by atoms with Crippen LogP contribution in [0.3, 0.4) is 0 Å². The van der Waals surface area contributed by atoms with Crippen molar-refractivity contribution in [3.05, 3.63) is 82.6 Å². The number of aromatic nitrogens is 2. The fourth-order valence-electron chi connectivity index (χ4n) is 3.25. The summed E-state index contributed by atoms with van der Waals surface area (Å²) in [4.78, 5) is 23.7. The van der Waals surface area contributed by atoms with Crippen molar-refractivity contribution in [1.82, 2.24) is 9.97 Å². The number of carbonyl (C=O) groups is 1. The van der Waals surface area contributed by atoms with Gasteiger partial charge in [-0.1, -0.05) is 40.6 Å². The Bertz CT molecular complexity index is 1380. The maximum absolute atomic E-state index is 13.2. The highest BCUT2D eigenvalue weighted by molar-refractivity contribution is 7.91. The van der Waals surface area contributed by atoms with E-state index >= 15 is 0 Å². The molecule has 0 aliphatic heterocycles. The number of thiazole rings is 1. The molecule has 0 aliphatic carbocycles. The lowest BCUT2D eigenvalue weighted by atomic mass is 10.2. The van der Waals surface area contributed by atoms with E-state index in [1.54, 1.807) is 29.4 Å². The summed E-state index contributed by atoms with van der Waals surface area (Å²) in [6.07, 6.45) is 3.60. The van der Waals surface area contributed by atoms with Gasteiger partial charge in [0.05, 0.1) is 27.4 Å². The SMILES string of the molecule is O=C(CCCS(=O)(=O)c1ccc(Cl)cc1)N(Cc1cccnc1)c1nc2ccc(Cl)cc2s1. The van der Waals surface area contributed by atoms with Gasteiger partial charge in [-0.2, -0.15) is 0 Å². The average Bonchev–Trinajstić information content (AvgIpc) is 3.21. The minimum absolute atomic E-state index is 0.0593. The van der Waals surface area contributed by atoms with Crippen LogP contribution in [0.5, 0.6) is 0 Å². The highest BCUT2D eigenvalue weighted by Gasteiger charge is 2.22. The first-order valence-electron chi connectivity index (χ1n) is 10.1. The van der Waals surface area contributed by atoms with Gasteiger partial charge in [-0.25, -0.2) is 13.4 Å². The number of amides is 1. The topological polar surface area (TPSA) is 80.2 Å². The molecule has 33 heavy (non-hydrogen) atoms. The highest BCUT2D eigenvalue weighted by Crippen LogP contribution is 2.32. The predicted molar refractivity (Wildman–Crippen MR) is 133 cm³/mol. The third-order valence-corrected chi connectivity index (χ3v) is 8.26. The van der Waals surface area contributed by atoms with Crippen LogP contribution in [0.4, 0.5) is 5.13 Å². The lowest BCUT2D eigenvalue weighted by molar-refractivity contribution is -0.118. The van der Waals surface area contributed by atoms with Gasteiger partial charge in [0, 0.05) is 28.9 Å². The van der Waals surface area contributed by atoms with Crippen molar-refractivity contribution in [2.24, 2.45) is 0 Å². The second-order valence-electron chi connectivity index (χ2n) is 7.33. The largest absolute Gasteiger partial charge is 0.284 e. The van der Waals surface area contributed by atoms with E-state index in [1.165, 1.54) is 35.6 Å². The Kier molecular flexibility index (Phi) is 7.29. The van der Waals surface area contributed by atoms with Gasteiger partial charge >= 0.3 is 0 Å². The summed E-state index contributed by atoms with van der Waals surface area (Å²) in [7, 11) is -3.51. The molecular formula is C23H19Cl2N3O3S2. The van der Waals surface area contributed by atoms with Crippen LogP contribution in [0, 0.1) is 0 Å². The standard InChI is InChI=1S/C23H19Cl2N3O3S2/c24-17-5-8-19(9-6-17)33(30,31)12-2-4-22(29)28(15-16-3-1-11-26-14-16)23-27-20-10-7-18(25)13-21(20)32-23/h1,3,5-11,13-14H,2,4,12,15H2. The first-order valence-corrected chi connectivity index (χ1v) is 13.3. The Morgan fingerprint density at radius 3 is 2.52 bits per heavy atom. The molecule has 2 aromatic carbocycles. The molecule has 0 spiro atoms. The number of carbonyl (C=O) groups excluding carboxylic acids is 1. The van der Waals surface area contributed by atoms with Crippen LogP contribution in [0.2, 0.25) is 10.0 Å². The van der Waals surface area contributed by atoms with E-state index in [0.29, 0.717) is 15.2 Å². The van der Waals surface area contributed by atoms with E-state index in [1.807, 2.05) is 18.2 Å². The van der Waals surface area contributed by atoms with Crippen LogP contribution < -0.4 is 4.90 Å². The third kappa shape index (κ3) is 5.89. The van der Waals surface area contributed by atoms with Gasteiger partial charge in [0.25, 0.3) is 0 Å². The lowest BCUT2D eigenvalue weighted by Crippen LogP contribution is -2.30. The van der Waals surface area contributed by atoms with Gasteiger partial charge in [0.1, 0.15) is 0 Å². The number of halogens is 2. The maximum atomic E-state index is 13.2. The zero-order valence-electron chi connectivity index (χ0n) is 17.3. The van der Waals surface area contributed by atoms with Crippen molar-refractivity contribution in [2.45, 2.75) is 24.3 Å². The van der Waals surface area contributed by atoms with Crippen molar-refractivity contribution in [1.29, 1.82) is 0 Å². The van der Waals surface area contributed by atoms with Gasteiger partial charge in [-0.05, 0) is 60.5 Å². The number of nitrogens with zero attached hydrogens (tertiary/aromatic N) is 3. The Morgan fingerprint density at radius 1 is 1.03 bits per heavy atom. The number of sulfone groups is 1. The molecule has 6 nitrogen and oxygen atoms in total. The molecule has 0 atom stereocenters. The summed E-state index contributed by atoms with van der Waals surface area (Å²) in [5.74, 6) is -0.355. The molecule has 4 aromatic rings. The molecular weight excluding hydrogens is 501 g/mol. The molecule has 0 unspecified atom stereocenters. The minimum Gasteiger partial charge on any atom is -0.284 e. The lowest BCUT2D eigenvalue weighted by Gasteiger charge is -2.20. The average molecular weight is 520 g/mol. The molecule has 0 radical (unpaired) electrons. The summed E-state index contributed by atoms with van der Waals surface area (Å²) in [6.45, 7) is 0.282. The van der Waals surface area contributed by atoms with E-state index in [2.05, 4.69) is 9.97 Å². The second-order valence-corrected chi connectivity index (χ2v) is 11.3. The molecule has 0 fully saturated rings. The smallest absolute Gasteiger partial charge is 0.229 e. The zero-order chi connectivity index (χ0) is 23.4. The molecule has 0 bridgehead atoms. The predicted octanol–water partition coefficient (Wildman–Crippen LogP) is 5.79. The first-order chi connectivity index (χ1) is 15.8. The summed E-state index contributed by atoms with van der Waals surface area (Å²) >= 11 is 13.3. The van der Waals surface area contributed by atoms with Gasteiger partial charge in [0.15, 0.2) is 15.0 Å². The number of fused-ring (bicyclic) bond motifs is 1. The van der Waals surface area contributed by atoms with Crippen molar-refractivity contribution >= 4 is 65.6 Å². The summed E-state index contributed by atoms with van der Waals surface area (Å²) < 4.78 is 26.1. The zero-order valence-corrected chi connectivity index (χ0v) is 20.5. The van der Waals surface area contributed by atoms with Crippen molar-refractivity contribution < 1.29 is 13.2 Å². The van der Waals surface area contributed by atoms with E-state index in [9.17, 15) is 13.2 Å². The van der Waals surface area contributed by atoms with Crippen LogP contribution in [0.25, 0.3) is 10.2 Å². The van der Waals surface area contributed by atoms with Crippen LogP contribution in [0.15, 0.2) is 71.9 Å². The summed E-state index contributed by atoms with van der Waals surface area (Å²) in [5, 5.41) is 1.59. The first kappa shape index (κ1) is 23.6. The molecule has 4 rings (SSSR count). The second kappa shape index (κ2) is 10.2. The van der Waals surface area contributed by atoms with Gasteiger partial charge < -0.3 is 0 Å². The Balaban J connectivity index is 1.52. The minimum atomic E-state index is -3.51. The number of anilines is 1. The number of rotatable bonds is 8. The van der Waals surface area contributed by atoms with Crippen molar-refractivity contribution in [2.75, 3.05) is 10.7 Å². The maximum Gasteiger partial charge on any atom is 0.229 e. The normalized spacial score (nSPS) is 11.6. The summed E-state index contributed by atoms with van der Waals surface area (Å²) in [6, 6.07) is 15.1. The molecule has 1 amide bonds. The van der Waals surface area contributed by atoms with Crippen LogP contribution in [-0.2, 0) is 21.2 Å². The van der Waals surface area contributed by atoms with Gasteiger partial charge in [-0.3, -0.25) is 14.7 Å². The van der Waals surface area contributed by atoms with E-state index in [4.69, 9.17) is 23.2 Å².